The van der Waals surface area contributed by atoms with Crippen LogP contribution in [-0.2, 0) is 11.0 Å². The minimum absolute atomic E-state index is 0.0854. The third-order valence-corrected chi connectivity index (χ3v) is 7.55. The van der Waals surface area contributed by atoms with Gasteiger partial charge in [0.1, 0.15) is 0 Å². The monoisotopic (exact) mass is 446 g/mol. The van der Waals surface area contributed by atoms with Crippen molar-refractivity contribution >= 4 is 34.9 Å². The van der Waals surface area contributed by atoms with E-state index < -0.39 is 17.0 Å². The molecule has 5 nitrogen and oxygen atoms in total. The Morgan fingerprint density at radius 1 is 1.31 bits per heavy atom. The van der Waals surface area contributed by atoms with E-state index in [1.54, 1.807) is 6.92 Å². The van der Waals surface area contributed by atoms with E-state index in [1.165, 1.54) is 30.1 Å². The number of rotatable bonds is 5. The van der Waals surface area contributed by atoms with Crippen LogP contribution in [-0.4, -0.2) is 31.8 Å². The molecule has 0 saturated heterocycles. The zero-order chi connectivity index (χ0) is 20.9. The third-order valence-electron chi connectivity index (χ3n) is 6.21. The van der Waals surface area contributed by atoms with Gasteiger partial charge in [0.2, 0.25) is 5.91 Å². The van der Waals surface area contributed by atoms with E-state index >= 15 is 0 Å². The Labute approximate surface area is 175 Å². The van der Waals surface area contributed by atoms with E-state index in [4.69, 9.17) is 11.6 Å². The maximum Gasteiger partial charge on any atom is 0.417 e. The van der Waals surface area contributed by atoms with Crippen LogP contribution in [0.4, 0.5) is 13.2 Å². The van der Waals surface area contributed by atoms with Crippen molar-refractivity contribution in [3.05, 3.63) is 22.8 Å². The molecule has 0 radical (unpaired) electrons. The normalized spacial score (nSPS) is 26.1. The minimum Gasteiger partial charge on any atom is -0.352 e. The number of carbonyl (C=O) groups is 1. The highest BCUT2D eigenvalue weighted by Gasteiger charge is 2.42. The molecule has 1 amide bonds. The number of carbonyl (C=O) groups excluding carboxylic acids is 1. The van der Waals surface area contributed by atoms with Crippen LogP contribution in [0.15, 0.2) is 17.4 Å². The number of aromatic nitrogens is 3. The van der Waals surface area contributed by atoms with Gasteiger partial charge in [0.05, 0.1) is 15.8 Å². The average Bonchev–Trinajstić information content (AvgIpc) is 3.36. The highest BCUT2D eigenvalue weighted by Crippen LogP contribution is 2.49. The lowest BCUT2D eigenvalue weighted by molar-refractivity contribution is -0.137. The first-order valence-electron chi connectivity index (χ1n) is 9.72. The fourth-order valence-electron chi connectivity index (χ4n) is 4.74. The van der Waals surface area contributed by atoms with E-state index in [2.05, 4.69) is 15.5 Å². The summed E-state index contributed by atoms with van der Waals surface area (Å²) in [6, 6.07) is 0.912. The van der Waals surface area contributed by atoms with Crippen LogP contribution in [0.5, 0.6) is 0 Å². The Morgan fingerprint density at radius 3 is 2.69 bits per heavy atom. The van der Waals surface area contributed by atoms with Gasteiger partial charge in [-0.3, -0.25) is 9.20 Å². The summed E-state index contributed by atoms with van der Waals surface area (Å²) in [6.07, 6.45) is 1.35. The molecule has 2 fully saturated rings. The van der Waals surface area contributed by atoms with Gasteiger partial charge in [-0.1, -0.05) is 29.8 Å². The van der Waals surface area contributed by atoms with Crippen molar-refractivity contribution < 1.29 is 18.0 Å². The lowest BCUT2D eigenvalue weighted by Crippen LogP contribution is -2.43. The number of pyridine rings is 1. The van der Waals surface area contributed by atoms with Crippen molar-refractivity contribution in [2.24, 2.45) is 17.8 Å². The van der Waals surface area contributed by atoms with Crippen LogP contribution < -0.4 is 5.32 Å². The molecule has 2 saturated carbocycles. The van der Waals surface area contributed by atoms with E-state index in [1.807, 2.05) is 6.92 Å². The summed E-state index contributed by atoms with van der Waals surface area (Å²) in [5, 5.41) is 10.4. The van der Waals surface area contributed by atoms with Crippen LogP contribution >= 0.6 is 23.4 Å². The molecule has 0 aromatic carbocycles. The number of nitrogens with one attached hydrogen (secondary N) is 1. The average molecular weight is 447 g/mol. The first kappa shape index (κ1) is 20.8. The van der Waals surface area contributed by atoms with E-state index in [9.17, 15) is 18.0 Å². The predicted molar refractivity (Wildman–Crippen MR) is 105 cm³/mol. The van der Waals surface area contributed by atoms with E-state index in [0.717, 1.165) is 29.9 Å². The summed E-state index contributed by atoms with van der Waals surface area (Å²) in [7, 11) is 0. The molecule has 4 rings (SSSR count). The zero-order valence-electron chi connectivity index (χ0n) is 16.0. The van der Waals surface area contributed by atoms with Crippen LogP contribution in [0.2, 0.25) is 5.02 Å². The molecule has 29 heavy (non-hydrogen) atoms. The molecule has 10 heteroatoms. The molecule has 158 valence electrons. The van der Waals surface area contributed by atoms with Gasteiger partial charge in [0.15, 0.2) is 10.8 Å². The second kappa shape index (κ2) is 7.65. The largest absolute Gasteiger partial charge is 0.417 e. The van der Waals surface area contributed by atoms with Gasteiger partial charge < -0.3 is 5.32 Å². The van der Waals surface area contributed by atoms with Gasteiger partial charge in [0.25, 0.3) is 0 Å². The van der Waals surface area contributed by atoms with Gasteiger partial charge in [-0.05, 0) is 56.9 Å². The van der Waals surface area contributed by atoms with Crippen LogP contribution in [0, 0.1) is 17.8 Å². The standard InChI is InChI=1S/C19H22ClF3N4OS/c1-9(14-6-11-3-4-12(14)5-11)24-17(28)10(2)29-18-26-25-16-15(20)7-13(8-27(16)18)19(21,22)23/h7-12,14H,3-6H2,1-2H3,(H,24,28)/t9-,10+,11-,12-,14+/m1/s1. The number of hydrogen-bond acceptors (Lipinski definition) is 4. The number of amides is 1. The summed E-state index contributed by atoms with van der Waals surface area (Å²) >= 11 is 7.01. The Morgan fingerprint density at radius 2 is 2.07 bits per heavy atom. The third kappa shape index (κ3) is 4.08. The van der Waals surface area contributed by atoms with Gasteiger partial charge in [-0.25, -0.2) is 0 Å². The number of fused-ring (bicyclic) bond motifs is 3. The number of hydrogen-bond donors (Lipinski definition) is 1. The molecule has 2 aliphatic carbocycles. The second-order valence-electron chi connectivity index (χ2n) is 8.15. The summed E-state index contributed by atoms with van der Waals surface area (Å²) in [5.41, 5.74) is -0.760. The summed E-state index contributed by atoms with van der Waals surface area (Å²) in [5.74, 6) is 1.85. The van der Waals surface area contributed by atoms with Crippen molar-refractivity contribution in [1.29, 1.82) is 0 Å². The Kier molecular flexibility index (Phi) is 5.48. The zero-order valence-corrected chi connectivity index (χ0v) is 17.6. The Hall–Kier alpha value is -1.48. The molecule has 0 unspecified atom stereocenters. The lowest BCUT2D eigenvalue weighted by atomic mass is 9.84. The van der Waals surface area contributed by atoms with Gasteiger partial charge in [0, 0.05) is 12.2 Å². The molecule has 0 aliphatic heterocycles. The molecule has 2 aliphatic rings. The number of thioether (sulfide) groups is 1. The highest BCUT2D eigenvalue weighted by molar-refractivity contribution is 8.00. The van der Waals surface area contributed by atoms with Gasteiger partial charge in [-0.2, -0.15) is 13.2 Å². The second-order valence-corrected chi connectivity index (χ2v) is 9.86. The topological polar surface area (TPSA) is 59.3 Å². The molecular weight excluding hydrogens is 425 g/mol. The fraction of sp³-hybridized carbons (Fsp3) is 0.632. The maximum absolute atomic E-state index is 13.1. The molecule has 5 atom stereocenters. The van der Waals surface area contributed by atoms with Crippen molar-refractivity contribution in [3.8, 4) is 0 Å². The molecule has 0 spiro atoms. The first-order chi connectivity index (χ1) is 13.6. The molecule has 2 bridgehead atoms. The SMILES string of the molecule is C[C@H](Sc1nnc2c(Cl)cc(C(F)(F)F)cn12)C(=O)N[C@H](C)[C@@H]1C[C@@H]2CC[C@@H]1C2. The molecule has 2 aromatic rings. The first-order valence-corrected chi connectivity index (χ1v) is 11.0. The minimum atomic E-state index is -4.54. The maximum atomic E-state index is 13.1. The number of alkyl halides is 3. The Bertz CT molecular complexity index is 934. The van der Waals surface area contributed by atoms with Crippen molar-refractivity contribution in [2.45, 2.75) is 62.2 Å². The summed E-state index contributed by atoms with van der Waals surface area (Å²) in [6.45, 7) is 3.76. The molecule has 1 N–H and O–H groups in total. The molecular formula is C19H22ClF3N4OS. The van der Waals surface area contributed by atoms with Crippen molar-refractivity contribution in [1.82, 2.24) is 19.9 Å². The van der Waals surface area contributed by atoms with Crippen molar-refractivity contribution in [3.63, 3.8) is 0 Å². The van der Waals surface area contributed by atoms with E-state index in [0.29, 0.717) is 11.8 Å². The summed E-state index contributed by atoms with van der Waals surface area (Å²) in [4.78, 5) is 12.7. The van der Waals surface area contributed by atoms with E-state index in [-0.39, 0.29) is 27.8 Å². The Balaban J connectivity index is 1.46. The fourth-order valence-corrected chi connectivity index (χ4v) is 5.81. The highest BCUT2D eigenvalue weighted by atomic mass is 35.5. The van der Waals surface area contributed by atoms with Crippen LogP contribution in [0.25, 0.3) is 5.65 Å². The number of halogens is 4. The molecule has 2 heterocycles. The van der Waals surface area contributed by atoms with Crippen LogP contribution in [0.3, 0.4) is 0 Å². The van der Waals surface area contributed by atoms with Gasteiger partial charge in [-0.15, -0.1) is 10.2 Å². The molecule has 2 aromatic heterocycles. The van der Waals surface area contributed by atoms with Gasteiger partial charge >= 0.3 is 6.18 Å². The quantitative estimate of drug-likeness (QED) is 0.669. The number of nitrogens with zero attached hydrogens (tertiary/aromatic N) is 3. The van der Waals surface area contributed by atoms with Crippen molar-refractivity contribution in [2.75, 3.05) is 0 Å². The lowest BCUT2D eigenvalue weighted by Gasteiger charge is -2.29. The summed E-state index contributed by atoms with van der Waals surface area (Å²) < 4.78 is 40.5. The smallest absolute Gasteiger partial charge is 0.352 e. The predicted octanol–water partition coefficient (Wildman–Crippen LogP) is 4.82. The van der Waals surface area contributed by atoms with Crippen LogP contribution in [0.1, 0.15) is 45.1 Å².